The standard InChI is InChI=1S/C28H30N4O6/c1-17(2)24(28(36)32-31-26(34)19-11-15-21(38-4)16-12-19)30-27(35)22-7-5-6-8-23(22)29-25(33)18-9-13-20(37-3)14-10-18/h5-17,24H,1-4H3,(H,29,33)(H,30,35)(H,31,34)(H,32,36)/t24-/m0/s1. The van der Waals surface area contributed by atoms with Crippen molar-refractivity contribution < 1.29 is 28.7 Å². The highest BCUT2D eigenvalue weighted by atomic mass is 16.5. The summed E-state index contributed by atoms with van der Waals surface area (Å²) >= 11 is 0. The molecule has 10 heteroatoms. The number of hydrazine groups is 1. The van der Waals surface area contributed by atoms with Crippen LogP contribution in [-0.4, -0.2) is 43.9 Å². The second-order valence-corrected chi connectivity index (χ2v) is 8.60. The van der Waals surface area contributed by atoms with E-state index in [4.69, 9.17) is 9.47 Å². The van der Waals surface area contributed by atoms with Gasteiger partial charge >= 0.3 is 0 Å². The first-order valence-corrected chi connectivity index (χ1v) is 11.8. The largest absolute Gasteiger partial charge is 0.497 e. The van der Waals surface area contributed by atoms with Crippen LogP contribution in [0.5, 0.6) is 11.5 Å². The number of benzene rings is 3. The van der Waals surface area contributed by atoms with E-state index in [2.05, 4.69) is 21.5 Å². The molecule has 4 N–H and O–H groups in total. The highest BCUT2D eigenvalue weighted by Crippen LogP contribution is 2.18. The summed E-state index contributed by atoms with van der Waals surface area (Å²) in [5.41, 5.74) is 5.87. The summed E-state index contributed by atoms with van der Waals surface area (Å²) < 4.78 is 10.2. The molecule has 0 aromatic heterocycles. The van der Waals surface area contributed by atoms with Crippen LogP contribution in [0.25, 0.3) is 0 Å². The zero-order chi connectivity index (χ0) is 27.7. The average molecular weight is 519 g/mol. The van der Waals surface area contributed by atoms with E-state index in [0.717, 1.165) is 0 Å². The van der Waals surface area contributed by atoms with E-state index in [1.807, 2.05) is 0 Å². The van der Waals surface area contributed by atoms with Gasteiger partial charge in [0.25, 0.3) is 23.6 Å². The number of anilines is 1. The van der Waals surface area contributed by atoms with Crippen LogP contribution in [0.15, 0.2) is 72.8 Å². The molecule has 0 aliphatic rings. The van der Waals surface area contributed by atoms with Crippen LogP contribution in [0, 0.1) is 5.92 Å². The minimum atomic E-state index is -0.969. The highest BCUT2D eigenvalue weighted by molar-refractivity contribution is 6.09. The number of nitrogens with one attached hydrogen (secondary N) is 4. The van der Waals surface area contributed by atoms with Gasteiger partial charge in [0.1, 0.15) is 17.5 Å². The molecule has 3 aromatic rings. The minimum Gasteiger partial charge on any atom is -0.497 e. The predicted octanol–water partition coefficient (Wildman–Crippen LogP) is 3.17. The monoisotopic (exact) mass is 518 g/mol. The molecule has 0 unspecified atom stereocenters. The summed E-state index contributed by atoms with van der Waals surface area (Å²) in [6, 6.07) is 18.4. The molecular weight excluding hydrogens is 488 g/mol. The van der Waals surface area contributed by atoms with Gasteiger partial charge in [-0.15, -0.1) is 0 Å². The van der Waals surface area contributed by atoms with Gasteiger partial charge in [0, 0.05) is 11.1 Å². The van der Waals surface area contributed by atoms with Gasteiger partial charge in [-0.25, -0.2) is 0 Å². The third-order valence-electron chi connectivity index (χ3n) is 5.66. The number of methoxy groups -OCH3 is 2. The molecule has 0 saturated heterocycles. The first-order chi connectivity index (χ1) is 18.2. The summed E-state index contributed by atoms with van der Waals surface area (Å²) in [4.78, 5) is 51.1. The Kier molecular flexibility index (Phi) is 9.42. The fourth-order valence-electron chi connectivity index (χ4n) is 3.49. The lowest BCUT2D eigenvalue weighted by atomic mass is 10.0. The Labute approximate surface area is 220 Å². The number of carbonyl (C=O) groups is 4. The van der Waals surface area contributed by atoms with E-state index in [9.17, 15) is 19.2 Å². The zero-order valence-electron chi connectivity index (χ0n) is 21.5. The maximum Gasteiger partial charge on any atom is 0.269 e. The molecule has 0 saturated carbocycles. The van der Waals surface area contributed by atoms with Gasteiger partial charge in [-0.1, -0.05) is 26.0 Å². The van der Waals surface area contributed by atoms with Crippen molar-refractivity contribution >= 4 is 29.3 Å². The van der Waals surface area contributed by atoms with Crippen molar-refractivity contribution in [3.63, 3.8) is 0 Å². The fourth-order valence-corrected chi connectivity index (χ4v) is 3.49. The molecule has 10 nitrogen and oxygen atoms in total. The Morgan fingerprint density at radius 2 is 1.18 bits per heavy atom. The minimum absolute atomic E-state index is 0.176. The Hall–Kier alpha value is -4.86. The molecule has 0 heterocycles. The summed E-state index contributed by atoms with van der Waals surface area (Å²) in [5, 5.41) is 5.43. The molecule has 3 rings (SSSR count). The van der Waals surface area contributed by atoms with E-state index in [-0.39, 0.29) is 17.2 Å². The molecule has 198 valence electrons. The number of hydrogen-bond donors (Lipinski definition) is 4. The molecule has 0 aliphatic heterocycles. The van der Waals surface area contributed by atoms with E-state index in [0.29, 0.717) is 22.6 Å². The molecule has 0 radical (unpaired) electrons. The first-order valence-electron chi connectivity index (χ1n) is 11.8. The summed E-state index contributed by atoms with van der Waals surface area (Å²) in [7, 11) is 3.05. The second kappa shape index (κ2) is 12.9. The van der Waals surface area contributed by atoms with Crippen molar-refractivity contribution in [2.45, 2.75) is 19.9 Å². The van der Waals surface area contributed by atoms with Gasteiger partial charge in [0.2, 0.25) is 0 Å². The maximum absolute atomic E-state index is 13.1. The molecule has 1 atom stereocenters. The van der Waals surface area contributed by atoms with Crippen molar-refractivity contribution in [1.29, 1.82) is 0 Å². The van der Waals surface area contributed by atoms with Gasteiger partial charge < -0.3 is 20.1 Å². The number of ether oxygens (including phenoxy) is 2. The Morgan fingerprint density at radius 3 is 1.71 bits per heavy atom. The predicted molar refractivity (Wildman–Crippen MR) is 142 cm³/mol. The fraction of sp³-hybridized carbons (Fsp3) is 0.214. The van der Waals surface area contributed by atoms with E-state index in [1.165, 1.54) is 14.2 Å². The van der Waals surface area contributed by atoms with Crippen molar-refractivity contribution in [3.05, 3.63) is 89.5 Å². The lowest BCUT2D eigenvalue weighted by Crippen LogP contribution is -2.54. The number of carbonyl (C=O) groups excluding carboxylic acids is 4. The van der Waals surface area contributed by atoms with Crippen LogP contribution in [-0.2, 0) is 4.79 Å². The van der Waals surface area contributed by atoms with Crippen LogP contribution in [0.1, 0.15) is 44.9 Å². The van der Waals surface area contributed by atoms with Crippen LogP contribution >= 0.6 is 0 Å². The first kappa shape index (κ1) is 27.7. The summed E-state index contributed by atoms with van der Waals surface area (Å²) in [6.07, 6.45) is 0. The van der Waals surface area contributed by atoms with Crippen molar-refractivity contribution in [2.24, 2.45) is 5.92 Å². The van der Waals surface area contributed by atoms with Gasteiger partial charge in [-0.2, -0.15) is 0 Å². The molecule has 0 spiro atoms. The maximum atomic E-state index is 13.1. The van der Waals surface area contributed by atoms with Crippen molar-refractivity contribution in [3.8, 4) is 11.5 Å². The smallest absolute Gasteiger partial charge is 0.269 e. The highest BCUT2D eigenvalue weighted by Gasteiger charge is 2.26. The van der Waals surface area contributed by atoms with Gasteiger partial charge in [0.05, 0.1) is 25.5 Å². The van der Waals surface area contributed by atoms with Crippen molar-refractivity contribution in [2.75, 3.05) is 19.5 Å². The van der Waals surface area contributed by atoms with E-state index < -0.39 is 29.7 Å². The molecule has 0 aliphatic carbocycles. The second-order valence-electron chi connectivity index (χ2n) is 8.60. The van der Waals surface area contributed by atoms with Crippen LogP contribution in [0.3, 0.4) is 0 Å². The lowest BCUT2D eigenvalue weighted by Gasteiger charge is -2.22. The molecular formula is C28H30N4O6. The summed E-state index contributed by atoms with van der Waals surface area (Å²) in [6.45, 7) is 3.51. The Balaban J connectivity index is 1.66. The average Bonchev–Trinajstić information content (AvgIpc) is 2.94. The third-order valence-corrected chi connectivity index (χ3v) is 5.66. The zero-order valence-corrected chi connectivity index (χ0v) is 21.5. The van der Waals surface area contributed by atoms with Gasteiger partial charge in [-0.3, -0.25) is 30.0 Å². The Morgan fingerprint density at radius 1 is 0.658 bits per heavy atom. The quantitative estimate of drug-likeness (QED) is 0.322. The third kappa shape index (κ3) is 7.10. The van der Waals surface area contributed by atoms with Gasteiger partial charge in [0.15, 0.2) is 0 Å². The van der Waals surface area contributed by atoms with E-state index in [1.54, 1.807) is 86.6 Å². The topological polar surface area (TPSA) is 135 Å². The number of rotatable bonds is 9. The molecule has 38 heavy (non-hydrogen) atoms. The number of hydrogen-bond acceptors (Lipinski definition) is 6. The van der Waals surface area contributed by atoms with Gasteiger partial charge in [-0.05, 0) is 66.6 Å². The molecule has 0 bridgehead atoms. The SMILES string of the molecule is COc1ccc(C(=O)NNC(=O)[C@@H](NC(=O)c2ccccc2NC(=O)c2ccc(OC)cc2)C(C)C)cc1. The lowest BCUT2D eigenvalue weighted by molar-refractivity contribution is -0.124. The Bertz CT molecular complexity index is 1290. The molecule has 3 aromatic carbocycles. The molecule has 4 amide bonds. The number of para-hydroxylation sites is 1. The van der Waals surface area contributed by atoms with E-state index >= 15 is 0 Å². The normalized spacial score (nSPS) is 11.2. The van der Waals surface area contributed by atoms with Crippen molar-refractivity contribution in [1.82, 2.24) is 16.2 Å². The number of amides is 4. The molecule has 0 fully saturated rings. The van der Waals surface area contributed by atoms with Crippen LogP contribution < -0.4 is 31.0 Å². The summed E-state index contributed by atoms with van der Waals surface area (Å²) in [5.74, 6) is -1.21. The van der Waals surface area contributed by atoms with Crippen LogP contribution in [0.4, 0.5) is 5.69 Å². The van der Waals surface area contributed by atoms with Crippen LogP contribution in [0.2, 0.25) is 0 Å².